The van der Waals surface area contributed by atoms with Gasteiger partial charge < -0.3 is 15.4 Å². The lowest BCUT2D eigenvalue weighted by Crippen LogP contribution is -2.36. The van der Waals surface area contributed by atoms with E-state index in [1.54, 1.807) is 0 Å². The van der Waals surface area contributed by atoms with Crippen molar-refractivity contribution in [3.05, 3.63) is 24.3 Å². The third-order valence-electron chi connectivity index (χ3n) is 4.22. The number of rotatable bonds is 8. The molecule has 1 saturated carbocycles. The zero-order chi connectivity index (χ0) is 18.1. The Morgan fingerprint density at radius 2 is 1.76 bits per heavy atom. The Labute approximate surface area is 146 Å². The predicted octanol–water partition coefficient (Wildman–Crippen LogP) is 4.62. The summed E-state index contributed by atoms with van der Waals surface area (Å²) in [6.07, 6.45) is 3.26. The first-order chi connectivity index (χ1) is 11.9. The second-order valence-electron chi connectivity index (χ2n) is 6.36. The number of halogens is 3. The number of carbonyl (C=O) groups excluding carboxylic acids is 1. The maximum atomic E-state index is 12.1. The molecule has 1 aliphatic carbocycles. The molecule has 2 rings (SSSR count). The summed E-state index contributed by atoms with van der Waals surface area (Å²) in [5.41, 5.74) is 0.723. The van der Waals surface area contributed by atoms with E-state index in [-0.39, 0.29) is 11.7 Å². The van der Waals surface area contributed by atoms with Crippen molar-refractivity contribution < 1.29 is 22.7 Å². The molecule has 2 N–H and O–H groups in total. The van der Waals surface area contributed by atoms with Crippen molar-refractivity contribution >= 4 is 11.6 Å². The molecule has 25 heavy (non-hydrogen) atoms. The summed E-state index contributed by atoms with van der Waals surface area (Å²) in [4.78, 5) is 11.9. The molecular weight excluding hydrogens is 333 g/mol. The average molecular weight is 358 g/mol. The van der Waals surface area contributed by atoms with Crippen LogP contribution in [-0.2, 0) is 4.79 Å². The minimum Gasteiger partial charge on any atom is -0.406 e. The number of nitrogens with one attached hydrogen (secondary N) is 2. The van der Waals surface area contributed by atoms with Crippen LogP contribution in [0.1, 0.15) is 51.4 Å². The Morgan fingerprint density at radius 1 is 1.08 bits per heavy atom. The van der Waals surface area contributed by atoms with E-state index in [0.717, 1.165) is 31.4 Å². The van der Waals surface area contributed by atoms with Crippen molar-refractivity contribution in [2.24, 2.45) is 0 Å². The molecule has 1 aliphatic rings. The summed E-state index contributed by atoms with van der Waals surface area (Å²) in [5, 5.41) is 6.21. The van der Waals surface area contributed by atoms with Gasteiger partial charge in [-0.3, -0.25) is 4.79 Å². The smallest absolute Gasteiger partial charge is 0.406 e. The average Bonchev–Trinajstić information content (AvgIpc) is 2.55. The normalized spacial score (nSPS) is 15.6. The summed E-state index contributed by atoms with van der Waals surface area (Å²) < 4.78 is 40.0. The highest BCUT2D eigenvalue weighted by Gasteiger charge is 2.30. The van der Waals surface area contributed by atoms with Crippen LogP contribution in [0.5, 0.6) is 5.75 Å². The van der Waals surface area contributed by atoms with E-state index >= 15 is 0 Å². The fraction of sp³-hybridized carbons (Fsp3) is 0.611. The van der Waals surface area contributed by atoms with E-state index in [0.29, 0.717) is 19.0 Å². The number of benzene rings is 1. The largest absolute Gasteiger partial charge is 0.573 e. The molecule has 0 radical (unpaired) electrons. The second-order valence-corrected chi connectivity index (χ2v) is 6.36. The summed E-state index contributed by atoms with van der Waals surface area (Å²) >= 11 is 0. The molecule has 7 heteroatoms. The van der Waals surface area contributed by atoms with Gasteiger partial charge in [-0.1, -0.05) is 19.3 Å². The van der Waals surface area contributed by atoms with E-state index in [1.165, 1.54) is 43.5 Å². The SMILES string of the molecule is O=C(CCCCNc1ccc(OC(F)(F)F)cc1)NC1CCCCC1. The fourth-order valence-electron chi connectivity index (χ4n) is 2.96. The summed E-state index contributed by atoms with van der Waals surface area (Å²) in [7, 11) is 0. The lowest BCUT2D eigenvalue weighted by Gasteiger charge is -2.22. The van der Waals surface area contributed by atoms with Crippen LogP contribution >= 0.6 is 0 Å². The highest BCUT2D eigenvalue weighted by atomic mass is 19.4. The Bertz CT molecular complexity index is 526. The lowest BCUT2D eigenvalue weighted by molar-refractivity contribution is -0.274. The molecular formula is C18H25F3N2O2. The van der Waals surface area contributed by atoms with Crippen molar-refractivity contribution in [1.29, 1.82) is 0 Å². The molecule has 0 bridgehead atoms. The lowest BCUT2D eigenvalue weighted by atomic mass is 9.95. The van der Waals surface area contributed by atoms with Gasteiger partial charge in [-0.25, -0.2) is 0 Å². The molecule has 0 aliphatic heterocycles. The van der Waals surface area contributed by atoms with Crippen molar-refractivity contribution in [2.45, 2.75) is 63.8 Å². The molecule has 140 valence electrons. The summed E-state index contributed by atoms with van der Waals surface area (Å²) in [6.45, 7) is 0.663. The monoisotopic (exact) mass is 358 g/mol. The topological polar surface area (TPSA) is 50.4 Å². The van der Waals surface area contributed by atoms with Crippen molar-refractivity contribution in [3.63, 3.8) is 0 Å². The first-order valence-electron chi connectivity index (χ1n) is 8.81. The first-order valence-corrected chi connectivity index (χ1v) is 8.81. The van der Waals surface area contributed by atoms with E-state index in [4.69, 9.17) is 0 Å². The number of amides is 1. The first kappa shape index (κ1) is 19.4. The van der Waals surface area contributed by atoms with Gasteiger partial charge in [0.25, 0.3) is 0 Å². The fourth-order valence-corrected chi connectivity index (χ4v) is 2.96. The van der Waals surface area contributed by atoms with Gasteiger partial charge in [-0.05, 0) is 49.9 Å². The predicted molar refractivity (Wildman–Crippen MR) is 90.5 cm³/mol. The summed E-state index contributed by atoms with van der Waals surface area (Å²) in [6, 6.07) is 5.96. The quantitative estimate of drug-likeness (QED) is 0.667. The standard InChI is InChI=1S/C18H25F3N2O2/c19-18(20,21)25-16-11-9-14(10-12-16)22-13-5-4-8-17(24)23-15-6-2-1-3-7-15/h9-12,15,22H,1-8,13H2,(H,23,24). The molecule has 0 aromatic heterocycles. The number of hydrogen-bond donors (Lipinski definition) is 2. The van der Waals surface area contributed by atoms with Gasteiger partial charge in [0, 0.05) is 24.7 Å². The van der Waals surface area contributed by atoms with Crippen molar-refractivity contribution in [1.82, 2.24) is 5.32 Å². The maximum Gasteiger partial charge on any atom is 0.573 e. The number of unbranched alkanes of at least 4 members (excludes halogenated alkanes) is 1. The van der Waals surface area contributed by atoms with Gasteiger partial charge in [0.15, 0.2) is 0 Å². The molecule has 4 nitrogen and oxygen atoms in total. The van der Waals surface area contributed by atoms with Crippen LogP contribution in [0, 0.1) is 0 Å². The molecule has 1 aromatic rings. The molecule has 1 amide bonds. The van der Waals surface area contributed by atoms with Gasteiger partial charge in [0.05, 0.1) is 0 Å². The highest BCUT2D eigenvalue weighted by Crippen LogP contribution is 2.24. The maximum absolute atomic E-state index is 12.1. The van der Waals surface area contributed by atoms with Crippen LogP contribution in [0.25, 0.3) is 0 Å². The Morgan fingerprint density at radius 3 is 2.40 bits per heavy atom. The third-order valence-corrected chi connectivity index (χ3v) is 4.22. The van der Waals surface area contributed by atoms with Crippen LogP contribution in [0.3, 0.4) is 0 Å². The molecule has 0 unspecified atom stereocenters. The van der Waals surface area contributed by atoms with E-state index in [2.05, 4.69) is 15.4 Å². The van der Waals surface area contributed by atoms with Crippen LogP contribution < -0.4 is 15.4 Å². The number of anilines is 1. The van der Waals surface area contributed by atoms with Gasteiger partial charge >= 0.3 is 6.36 Å². The van der Waals surface area contributed by atoms with E-state index in [1.807, 2.05) is 0 Å². The molecule has 0 heterocycles. The number of carbonyl (C=O) groups is 1. The number of ether oxygens (including phenoxy) is 1. The van der Waals surface area contributed by atoms with Gasteiger partial charge in [0.2, 0.25) is 5.91 Å². The molecule has 0 spiro atoms. The Kier molecular flexibility index (Phi) is 7.40. The van der Waals surface area contributed by atoms with Crippen LogP contribution in [0.4, 0.5) is 18.9 Å². The minimum atomic E-state index is -4.67. The second kappa shape index (κ2) is 9.53. The minimum absolute atomic E-state index is 0.112. The number of hydrogen-bond acceptors (Lipinski definition) is 3. The Hall–Kier alpha value is -1.92. The summed E-state index contributed by atoms with van der Waals surface area (Å²) in [5.74, 6) is -0.127. The van der Waals surface area contributed by atoms with Crippen LogP contribution in [0.15, 0.2) is 24.3 Å². The van der Waals surface area contributed by atoms with Crippen molar-refractivity contribution in [3.8, 4) is 5.75 Å². The van der Waals surface area contributed by atoms with Gasteiger partial charge in [-0.15, -0.1) is 13.2 Å². The zero-order valence-corrected chi connectivity index (χ0v) is 14.2. The van der Waals surface area contributed by atoms with E-state index < -0.39 is 6.36 Å². The molecule has 0 atom stereocenters. The van der Waals surface area contributed by atoms with Gasteiger partial charge in [0.1, 0.15) is 5.75 Å². The molecule has 1 fully saturated rings. The van der Waals surface area contributed by atoms with Gasteiger partial charge in [-0.2, -0.15) is 0 Å². The molecule has 0 saturated heterocycles. The van der Waals surface area contributed by atoms with Crippen LogP contribution in [0.2, 0.25) is 0 Å². The highest BCUT2D eigenvalue weighted by molar-refractivity contribution is 5.76. The van der Waals surface area contributed by atoms with Crippen molar-refractivity contribution in [2.75, 3.05) is 11.9 Å². The zero-order valence-electron chi connectivity index (χ0n) is 14.2. The van der Waals surface area contributed by atoms with Crippen LogP contribution in [-0.4, -0.2) is 24.9 Å². The Balaban J connectivity index is 1.57. The third kappa shape index (κ3) is 8.14. The molecule has 1 aromatic carbocycles. The number of alkyl halides is 3. The van der Waals surface area contributed by atoms with E-state index in [9.17, 15) is 18.0 Å².